The molecule has 1 aliphatic carbocycles. The van der Waals surface area contributed by atoms with Crippen LogP contribution in [0.5, 0.6) is 0 Å². The van der Waals surface area contributed by atoms with Gasteiger partial charge in [0.05, 0.1) is 35.4 Å². The average molecular weight is 471 g/mol. The van der Waals surface area contributed by atoms with Gasteiger partial charge in [0.15, 0.2) is 5.78 Å². The summed E-state index contributed by atoms with van der Waals surface area (Å²) >= 11 is 0. The molecule has 2 unspecified atom stereocenters. The molecule has 0 heterocycles. The number of halogens is 3. The van der Waals surface area contributed by atoms with E-state index >= 15 is 0 Å². The number of amides is 2. The molecule has 0 aromatic heterocycles. The van der Waals surface area contributed by atoms with Gasteiger partial charge < -0.3 is 15.4 Å². The maximum atomic E-state index is 13.0. The van der Waals surface area contributed by atoms with Crippen LogP contribution in [-0.2, 0) is 15.7 Å². The van der Waals surface area contributed by atoms with E-state index in [9.17, 15) is 22.8 Å². The normalized spacial score (nSPS) is 17.1. The first-order valence-electron chi connectivity index (χ1n) is 10.8. The summed E-state index contributed by atoms with van der Waals surface area (Å²) < 4.78 is 44.8. The van der Waals surface area contributed by atoms with Gasteiger partial charge in [0.25, 0.3) is 0 Å². The van der Waals surface area contributed by atoms with Gasteiger partial charge in [0, 0.05) is 18.5 Å². The summed E-state index contributed by atoms with van der Waals surface area (Å²) in [7, 11) is 0. The number of nitrogens with one attached hydrogen (secondary N) is 2. The fourth-order valence-corrected chi connectivity index (χ4v) is 3.86. The van der Waals surface area contributed by atoms with Crippen LogP contribution in [0.1, 0.15) is 49.4 Å². The Morgan fingerprint density at radius 1 is 1.21 bits per heavy atom. The van der Waals surface area contributed by atoms with Crippen molar-refractivity contribution in [3.8, 4) is 6.07 Å². The number of carbonyl (C=O) groups is 2. The van der Waals surface area contributed by atoms with Gasteiger partial charge in [-0.2, -0.15) is 18.4 Å². The Morgan fingerprint density at radius 2 is 1.91 bits per heavy atom. The molecule has 178 valence electrons. The number of hydrogen-bond acceptors (Lipinski definition) is 4. The molecule has 34 heavy (non-hydrogen) atoms. The van der Waals surface area contributed by atoms with Crippen molar-refractivity contribution in [3.05, 3.63) is 76.6 Å². The zero-order chi connectivity index (χ0) is 24.9. The highest BCUT2D eigenvalue weighted by Crippen LogP contribution is 2.36. The van der Waals surface area contributed by atoms with Gasteiger partial charge in [0.2, 0.25) is 0 Å². The van der Waals surface area contributed by atoms with Gasteiger partial charge in [-0.25, -0.2) is 4.79 Å². The van der Waals surface area contributed by atoms with Crippen molar-refractivity contribution in [1.82, 2.24) is 5.32 Å². The van der Waals surface area contributed by atoms with Crippen LogP contribution >= 0.6 is 0 Å². The highest BCUT2D eigenvalue weighted by atomic mass is 19.4. The van der Waals surface area contributed by atoms with Crippen LogP contribution in [0.4, 0.5) is 23.7 Å². The molecule has 2 aromatic carbocycles. The average Bonchev–Trinajstić information content (AvgIpc) is 2.78. The number of nitriles is 1. The maximum absolute atomic E-state index is 13.0. The minimum absolute atomic E-state index is 0.0477. The quantitative estimate of drug-likeness (QED) is 0.563. The van der Waals surface area contributed by atoms with E-state index < -0.39 is 23.8 Å². The number of anilines is 1. The highest BCUT2D eigenvalue weighted by Gasteiger charge is 2.34. The molecule has 0 bridgehead atoms. The molecule has 1 aliphatic rings. The second kappa shape index (κ2) is 10.4. The number of allylic oxidation sites excluding steroid dienone is 1. The summed E-state index contributed by atoms with van der Waals surface area (Å²) in [5.74, 6) is 0.356. The first kappa shape index (κ1) is 24.8. The van der Waals surface area contributed by atoms with Crippen LogP contribution < -0.4 is 10.6 Å². The van der Waals surface area contributed by atoms with Crippen molar-refractivity contribution in [3.63, 3.8) is 0 Å². The van der Waals surface area contributed by atoms with Crippen LogP contribution in [0.15, 0.2) is 59.9 Å². The molecular formula is C25H24F3N3O3. The van der Waals surface area contributed by atoms with E-state index in [0.29, 0.717) is 35.5 Å². The summed E-state index contributed by atoms with van der Waals surface area (Å²) in [6, 6.07) is 10.9. The van der Waals surface area contributed by atoms with Crippen LogP contribution in [0, 0.1) is 17.2 Å². The molecular weight excluding hydrogens is 447 g/mol. The van der Waals surface area contributed by atoms with Gasteiger partial charge >= 0.3 is 12.2 Å². The topological polar surface area (TPSA) is 91.2 Å². The van der Waals surface area contributed by atoms with E-state index in [2.05, 4.69) is 10.6 Å². The summed E-state index contributed by atoms with van der Waals surface area (Å²) in [5.41, 5.74) is 0.288. The Morgan fingerprint density at radius 3 is 2.53 bits per heavy atom. The molecule has 0 fully saturated rings. The molecule has 0 saturated heterocycles. The fraction of sp³-hybridized carbons (Fsp3) is 0.320. The Labute approximate surface area is 195 Å². The summed E-state index contributed by atoms with van der Waals surface area (Å²) in [6.45, 7) is 4.05. The van der Waals surface area contributed by atoms with Crippen molar-refractivity contribution < 1.29 is 27.5 Å². The number of alkyl halides is 3. The molecule has 9 heteroatoms. The van der Waals surface area contributed by atoms with Gasteiger partial charge in [0.1, 0.15) is 5.76 Å². The molecule has 2 aromatic rings. The first-order chi connectivity index (χ1) is 16.1. The summed E-state index contributed by atoms with van der Waals surface area (Å²) in [6.07, 6.45) is -3.77. The van der Waals surface area contributed by atoms with E-state index in [0.717, 1.165) is 12.1 Å². The predicted octanol–water partition coefficient (Wildman–Crippen LogP) is 5.73. The largest absolute Gasteiger partial charge is 0.498 e. The minimum atomic E-state index is -4.55. The lowest BCUT2D eigenvalue weighted by Gasteiger charge is -2.29. The van der Waals surface area contributed by atoms with Crippen LogP contribution in [0.3, 0.4) is 0 Å². The first-order valence-corrected chi connectivity index (χ1v) is 10.8. The molecule has 6 nitrogen and oxygen atoms in total. The standard InChI is InChI=1S/C25H24F3N3O3/c1-3-34-21-12-15(2)11-20(32)22(21)23(17-9-7-16(14-29)8-10-17)31-24(33)30-19-6-4-5-18(13-19)25(26,27)28/h4-10,13,15,23H,3,11-12H2,1-2H3,(H2,30,31,33). The third kappa shape index (κ3) is 5.95. The molecule has 0 saturated carbocycles. The predicted molar refractivity (Wildman–Crippen MR) is 120 cm³/mol. The van der Waals surface area contributed by atoms with Crippen LogP contribution in [0.2, 0.25) is 0 Å². The van der Waals surface area contributed by atoms with Gasteiger partial charge in [-0.1, -0.05) is 25.1 Å². The molecule has 2 N–H and O–H groups in total. The van der Waals surface area contributed by atoms with E-state index in [4.69, 9.17) is 10.00 Å². The SMILES string of the molecule is CCOC1=C(C(NC(=O)Nc2cccc(C(F)(F)F)c2)c2ccc(C#N)cc2)C(=O)CC(C)C1. The van der Waals surface area contributed by atoms with E-state index in [-0.39, 0.29) is 23.8 Å². The van der Waals surface area contributed by atoms with Crippen molar-refractivity contribution >= 4 is 17.5 Å². The maximum Gasteiger partial charge on any atom is 0.416 e. The second-order valence-electron chi connectivity index (χ2n) is 8.05. The molecule has 2 amide bonds. The fourth-order valence-electron chi connectivity index (χ4n) is 3.86. The van der Waals surface area contributed by atoms with Gasteiger partial charge in [-0.05, 0) is 48.7 Å². The Kier molecular flexibility index (Phi) is 7.61. The monoisotopic (exact) mass is 471 g/mol. The van der Waals surface area contributed by atoms with Gasteiger partial charge in [-0.3, -0.25) is 4.79 Å². The number of Topliss-reactive ketones (excluding diaryl/α,β-unsaturated/α-hetero) is 1. The second-order valence-corrected chi connectivity index (χ2v) is 8.05. The Hall–Kier alpha value is -3.80. The molecule has 0 aliphatic heterocycles. The van der Waals surface area contributed by atoms with E-state index in [1.807, 2.05) is 13.0 Å². The minimum Gasteiger partial charge on any atom is -0.498 e. The number of carbonyl (C=O) groups excluding carboxylic acids is 2. The summed E-state index contributed by atoms with van der Waals surface area (Å²) in [4.78, 5) is 25.9. The number of nitrogens with zero attached hydrogens (tertiary/aromatic N) is 1. The van der Waals surface area contributed by atoms with Crippen molar-refractivity contribution in [2.24, 2.45) is 5.92 Å². The Balaban J connectivity index is 1.96. The molecule has 0 radical (unpaired) electrons. The van der Waals surface area contributed by atoms with Crippen LogP contribution in [-0.4, -0.2) is 18.4 Å². The number of urea groups is 1. The lowest BCUT2D eigenvalue weighted by Crippen LogP contribution is -2.37. The van der Waals surface area contributed by atoms with Crippen molar-refractivity contribution in [2.45, 2.75) is 38.9 Å². The third-order valence-electron chi connectivity index (χ3n) is 5.37. The highest BCUT2D eigenvalue weighted by molar-refractivity contribution is 5.99. The smallest absolute Gasteiger partial charge is 0.416 e. The van der Waals surface area contributed by atoms with Gasteiger partial charge in [-0.15, -0.1) is 0 Å². The zero-order valence-electron chi connectivity index (χ0n) is 18.7. The number of ether oxygens (including phenoxy) is 1. The molecule has 2 atom stereocenters. The Bertz CT molecular complexity index is 1130. The molecule has 3 rings (SSSR count). The molecule has 0 spiro atoms. The lowest BCUT2D eigenvalue weighted by atomic mass is 9.83. The third-order valence-corrected chi connectivity index (χ3v) is 5.37. The number of benzene rings is 2. The number of rotatable bonds is 6. The number of hydrogen-bond donors (Lipinski definition) is 2. The van der Waals surface area contributed by atoms with Crippen molar-refractivity contribution in [1.29, 1.82) is 5.26 Å². The summed E-state index contributed by atoms with van der Waals surface area (Å²) in [5, 5.41) is 14.2. The van der Waals surface area contributed by atoms with Crippen LogP contribution in [0.25, 0.3) is 0 Å². The van der Waals surface area contributed by atoms with E-state index in [1.54, 1.807) is 31.2 Å². The lowest BCUT2D eigenvalue weighted by molar-refractivity contribution is -0.137. The van der Waals surface area contributed by atoms with E-state index in [1.165, 1.54) is 12.1 Å². The van der Waals surface area contributed by atoms with Crippen molar-refractivity contribution in [2.75, 3.05) is 11.9 Å². The zero-order valence-corrected chi connectivity index (χ0v) is 18.7. The number of ketones is 1.